The molecule has 5 aliphatic rings. The lowest BCUT2D eigenvalue weighted by Crippen LogP contribution is -2.62. The molecule has 180 valence electrons. The van der Waals surface area contributed by atoms with E-state index in [1.54, 1.807) is 6.33 Å². The topological polar surface area (TPSA) is 66.0 Å². The highest BCUT2D eigenvalue weighted by Gasteiger charge is 2.46. The van der Waals surface area contributed by atoms with Crippen LogP contribution in [0.5, 0.6) is 5.75 Å². The quantitative estimate of drug-likeness (QED) is 0.747. The summed E-state index contributed by atoms with van der Waals surface area (Å²) in [5.74, 6) is 3.33. The first kappa shape index (κ1) is 20.9. The summed E-state index contributed by atoms with van der Waals surface area (Å²) in [6.45, 7) is 6.11. The molecule has 0 radical (unpaired) electrons. The SMILES string of the molecule is CN1CC(N2C3CCC2CC(c2ccc4c(c2)Nc2ncnc(N5CCOCC5)c2CO4)C3)C1. The molecular formula is C26H34N6O2. The summed E-state index contributed by atoms with van der Waals surface area (Å²) >= 11 is 0. The highest BCUT2D eigenvalue weighted by atomic mass is 16.5. The van der Waals surface area contributed by atoms with Crippen LogP contribution in [-0.2, 0) is 11.3 Å². The van der Waals surface area contributed by atoms with Gasteiger partial charge in [-0.3, -0.25) is 4.90 Å². The molecule has 4 saturated heterocycles. The summed E-state index contributed by atoms with van der Waals surface area (Å²) in [7, 11) is 2.24. The van der Waals surface area contributed by atoms with Crippen LogP contribution in [0.2, 0.25) is 0 Å². The maximum absolute atomic E-state index is 6.27. The van der Waals surface area contributed by atoms with Crippen molar-refractivity contribution < 1.29 is 9.47 Å². The Hall–Kier alpha value is -2.42. The van der Waals surface area contributed by atoms with Gasteiger partial charge in [0, 0.05) is 44.3 Å². The minimum Gasteiger partial charge on any atom is -0.486 e. The first-order chi connectivity index (χ1) is 16.7. The van der Waals surface area contributed by atoms with Crippen molar-refractivity contribution >= 4 is 17.3 Å². The summed E-state index contributed by atoms with van der Waals surface area (Å²) in [5, 5.41) is 3.60. The van der Waals surface area contributed by atoms with E-state index in [2.05, 4.69) is 55.2 Å². The molecule has 0 spiro atoms. The number of morpholine rings is 1. The van der Waals surface area contributed by atoms with Gasteiger partial charge in [-0.05, 0) is 56.3 Å². The monoisotopic (exact) mass is 462 g/mol. The molecule has 4 fully saturated rings. The van der Waals surface area contributed by atoms with Crippen LogP contribution < -0.4 is 15.0 Å². The molecule has 0 saturated carbocycles. The van der Waals surface area contributed by atoms with E-state index in [0.717, 1.165) is 73.1 Å². The third-order valence-electron chi connectivity index (χ3n) is 8.59. The Morgan fingerprint density at radius 1 is 1.00 bits per heavy atom. The zero-order valence-electron chi connectivity index (χ0n) is 19.9. The molecule has 6 heterocycles. The fourth-order valence-corrected chi connectivity index (χ4v) is 6.93. The maximum Gasteiger partial charge on any atom is 0.143 e. The molecule has 8 nitrogen and oxygen atoms in total. The summed E-state index contributed by atoms with van der Waals surface area (Å²) < 4.78 is 11.8. The predicted octanol–water partition coefficient (Wildman–Crippen LogP) is 2.97. The first-order valence-corrected chi connectivity index (χ1v) is 12.9. The molecule has 34 heavy (non-hydrogen) atoms. The van der Waals surface area contributed by atoms with Gasteiger partial charge in [-0.25, -0.2) is 9.97 Å². The molecule has 0 aliphatic carbocycles. The first-order valence-electron chi connectivity index (χ1n) is 12.9. The number of anilines is 3. The Balaban J connectivity index is 1.12. The van der Waals surface area contributed by atoms with Crippen LogP contribution in [0.4, 0.5) is 17.3 Å². The molecule has 1 N–H and O–H groups in total. The van der Waals surface area contributed by atoms with E-state index in [4.69, 9.17) is 9.47 Å². The van der Waals surface area contributed by atoms with Crippen molar-refractivity contribution in [2.75, 3.05) is 56.7 Å². The van der Waals surface area contributed by atoms with Crippen LogP contribution in [0.25, 0.3) is 0 Å². The number of likely N-dealkylation sites (N-methyl/N-ethyl adjacent to an activating group) is 1. The molecule has 7 rings (SSSR count). The van der Waals surface area contributed by atoms with Gasteiger partial charge in [-0.15, -0.1) is 0 Å². The second-order valence-electron chi connectivity index (χ2n) is 10.7. The number of rotatable bonds is 3. The molecule has 2 unspecified atom stereocenters. The standard InChI is InChI=1S/C26H34N6O2/c1-30-13-21(14-30)32-19-3-4-20(32)11-18(10-19)17-2-5-24-23(12-17)29-25-22(15-34-24)26(28-16-27-25)31-6-8-33-9-7-31/h2,5,12,16,18-21H,3-4,6-11,13-15H2,1H3,(H,27,28,29). The van der Waals surface area contributed by atoms with E-state index in [0.29, 0.717) is 12.5 Å². The Labute approximate surface area is 201 Å². The van der Waals surface area contributed by atoms with E-state index >= 15 is 0 Å². The number of nitrogens with one attached hydrogen (secondary N) is 1. The van der Waals surface area contributed by atoms with Crippen molar-refractivity contribution in [3.05, 3.63) is 35.7 Å². The van der Waals surface area contributed by atoms with Crippen molar-refractivity contribution in [2.24, 2.45) is 0 Å². The van der Waals surface area contributed by atoms with Crippen molar-refractivity contribution in [2.45, 2.75) is 56.3 Å². The number of ether oxygens (including phenoxy) is 2. The lowest BCUT2D eigenvalue weighted by molar-refractivity contribution is -0.00517. The number of nitrogens with zero attached hydrogens (tertiary/aromatic N) is 5. The van der Waals surface area contributed by atoms with Crippen LogP contribution in [-0.4, -0.2) is 84.3 Å². The number of fused-ring (bicyclic) bond motifs is 4. The average Bonchev–Trinajstić information content (AvgIpc) is 3.00. The Bertz CT molecular complexity index is 1050. The average molecular weight is 463 g/mol. The van der Waals surface area contributed by atoms with Gasteiger partial charge in [0.2, 0.25) is 0 Å². The van der Waals surface area contributed by atoms with Gasteiger partial charge in [-0.1, -0.05) is 6.07 Å². The molecule has 1 aromatic carbocycles. The number of piperidine rings is 1. The van der Waals surface area contributed by atoms with Crippen molar-refractivity contribution in [1.82, 2.24) is 19.8 Å². The van der Waals surface area contributed by atoms with Gasteiger partial charge in [0.25, 0.3) is 0 Å². The normalized spacial score (nSPS) is 29.4. The van der Waals surface area contributed by atoms with E-state index in [1.807, 2.05) is 0 Å². The Morgan fingerprint density at radius 3 is 2.56 bits per heavy atom. The molecule has 1 aromatic heterocycles. The Morgan fingerprint density at radius 2 is 1.79 bits per heavy atom. The summed E-state index contributed by atoms with van der Waals surface area (Å²) in [6, 6.07) is 9.04. The third-order valence-corrected chi connectivity index (χ3v) is 8.59. The van der Waals surface area contributed by atoms with E-state index in [1.165, 1.54) is 44.3 Å². The lowest BCUT2D eigenvalue weighted by Gasteiger charge is -2.50. The summed E-state index contributed by atoms with van der Waals surface area (Å²) in [4.78, 5) is 16.8. The third kappa shape index (κ3) is 3.54. The summed E-state index contributed by atoms with van der Waals surface area (Å²) in [6.07, 6.45) is 6.94. The highest BCUT2D eigenvalue weighted by Crippen LogP contribution is 2.46. The molecule has 2 bridgehead atoms. The molecule has 2 atom stereocenters. The highest BCUT2D eigenvalue weighted by molar-refractivity contribution is 5.71. The van der Waals surface area contributed by atoms with Gasteiger partial charge in [0.05, 0.1) is 24.5 Å². The smallest absolute Gasteiger partial charge is 0.143 e. The zero-order chi connectivity index (χ0) is 22.6. The fraction of sp³-hybridized carbons (Fsp3) is 0.615. The van der Waals surface area contributed by atoms with Gasteiger partial charge in [-0.2, -0.15) is 0 Å². The predicted molar refractivity (Wildman–Crippen MR) is 131 cm³/mol. The van der Waals surface area contributed by atoms with E-state index in [-0.39, 0.29) is 0 Å². The lowest BCUT2D eigenvalue weighted by atomic mass is 9.83. The van der Waals surface area contributed by atoms with Gasteiger partial charge < -0.3 is 24.6 Å². The van der Waals surface area contributed by atoms with Crippen LogP contribution in [0.1, 0.15) is 42.7 Å². The number of benzene rings is 1. The second kappa shape index (κ2) is 8.36. The van der Waals surface area contributed by atoms with E-state index in [9.17, 15) is 0 Å². The van der Waals surface area contributed by atoms with Crippen molar-refractivity contribution in [3.8, 4) is 5.75 Å². The molecule has 2 aromatic rings. The second-order valence-corrected chi connectivity index (χ2v) is 10.7. The molecular weight excluding hydrogens is 428 g/mol. The number of hydrogen-bond acceptors (Lipinski definition) is 8. The number of likely N-dealkylation sites (tertiary alicyclic amines) is 1. The van der Waals surface area contributed by atoms with Crippen molar-refractivity contribution in [3.63, 3.8) is 0 Å². The van der Waals surface area contributed by atoms with Crippen LogP contribution in [0, 0.1) is 0 Å². The maximum atomic E-state index is 6.27. The minimum absolute atomic E-state index is 0.473. The van der Waals surface area contributed by atoms with Crippen LogP contribution in [0.15, 0.2) is 24.5 Å². The number of aromatic nitrogens is 2. The minimum atomic E-state index is 0.473. The number of hydrogen-bond donors (Lipinski definition) is 1. The fourth-order valence-electron chi connectivity index (χ4n) is 6.93. The molecule has 0 amide bonds. The van der Waals surface area contributed by atoms with Crippen molar-refractivity contribution in [1.29, 1.82) is 0 Å². The summed E-state index contributed by atoms with van der Waals surface area (Å²) in [5.41, 5.74) is 3.49. The van der Waals surface area contributed by atoms with E-state index < -0.39 is 0 Å². The zero-order valence-corrected chi connectivity index (χ0v) is 19.9. The van der Waals surface area contributed by atoms with Crippen LogP contribution >= 0.6 is 0 Å². The van der Waals surface area contributed by atoms with Gasteiger partial charge >= 0.3 is 0 Å². The van der Waals surface area contributed by atoms with Gasteiger partial charge in [0.1, 0.15) is 30.3 Å². The largest absolute Gasteiger partial charge is 0.486 e. The molecule has 5 aliphatic heterocycles. The van der Waals surface area contributed by atoms with Crippen LogP contribution in [0.3, 0.4) is 0 Å². The Kier molecular flexibility index (Phi) is 5.14. The van der Waals surface area contributed by atoms with Gasteiger partial charge in [0.15, 0.2) is 0 Å². The molecule has 8 heteroatoms.